The number of rotatable bonds is 3. The number of carbonyl (C=O) groups is 1. The van der Waals surface area contributed by atoms with E-state index in [0.29, 0.717) is 14.9 Å². The number of thiocarbonyl (C=S) groups is 1. The van der Waals surface area contributed by atoms with Crippen LogP contribution in [0.15, 0.2) is 53.4 Å². The van der Waals surface area contributed by atoms with Gasteiger partial charge in [-0.1, -0.05) is 53.8 Å². The van der Waals surface area contributed by atoms with Crippen molar-refractivity contribution >= 4 is 51.7 Å². The van der Waals surface area contributed by atoms with E-state index in [4.69, 9.17) is 12.2 Å². The molecule has 1 aliphatic heterocycles. The molecule has 2 aromatic rings. The molecule has 1 fully saturated rings. The van der Waals surface area contributed by atoms with Gasteiger partial charge < -0.3 is 0 Å². The van der Waals surface area contributed by atoms with Crippen LogP contribution in [0.4, 0.5) is 11.4 Å². The first-order valence-electron chi connectivity index (χ1n) is 7.05. The van der Waals surface area contributed by atoms with Crippen molar-refractivity contribution in [1.29, 1.82) is 0 Å². The quantitative estimate of drug-likeness (QED) is 0.355. The van der Waals surface area contributed by atoms with Crippen LogP contribution in [0, 0.1) is 17.0 Å². The third-order valence-electron chi connectivity index (χ3n) is 3.49. The van der Waals surface area contributed by atoms with Gasteiger partial charge in [-0.05, 0) is 30.7 Å². The zero-order valence-electron chi connectivity index (χ0n) is 12.6. The Bertz CT molecular complexity index is 858. The van der Waals surface area contributed by atoms with Gasteiger partial charge in [0.1, 0.15) is 0 Å². The largest absolute Gasteiger partial charge is 0.270 e. The van der Waals surface area contributed by atoms with Crippen LogP contribution in [0.2, 0.25) is 0 Å². The van der Waals surface area contributed by atoms with Crippen molar-refractivity contribution in [2.75, 3.05) is 4.90 Å². The summed E-state index contributed by atoms with van der Waals surface area (Å²) < 4.78 is 0.409. The van der Waals surface area contributed by atoms with Gasteiger partial charge in [-0.2, -0.15) is 0 Å². The summed E-state index contributed by atoms with van der Waals surface area (Å²) in [6, 6.07) is 13.6. The molecule has 5 nitrogen and oxygen atoms in total. The number of nitro groups is 1. The number of amides is 1. The fourth-order valence-corrected chi connectivity index (χ4v) is 3.53. The maximum absolute atomic E-state index is 12.6. The molecule has 0 radical (unpaired) electrons. The summed E-state index contributed by atoms with van der Waals surface area (Å²) in [5, 5.41) is 10.7. The van der Waals surface area contributed by atoms with E-state index in [1.165, 1.54) is 40.9 Å². The Kier molecular flexibility index (Phi) is 4.46. The van der Waals surface area contributed by atoms with Crippen molar-refractivity contribution in [3.63, 3.8) is 0 Å². The number of carbonyl (C=O) groups excluding carboxylic acids is 1. The van der Waals surface area contributed by atoms with Crippen LogP contribution in [0.5, 0.6) is 0 Å². The van der Waals surface area contributed by atoms with E-state index in [1.807, 2.05) is 31.2 Å². The second kappa shape index (κ2) is 6.54. The SMILES string of the molecule is Cc1ccc(C=C2SC(=S)N(c3ccc([N+](=O)[O-])cc3)C2=O)cc1. The van der Waals surface area contributed by atoms with Crippen molar-refractivity contribution < 1.29 is 9.72 Å². The van der Waals surface area contributed by atoms with E-state index in [1.54, 1.807) is 6.08 Å². The summed E-state index contributed by atoms with van der Waals surface area (Å²) in [4.78, 5) is 24.8. The van der Waals surface area contributed by atoms with Crippen LogP contribution in [0.25, 0.3) is 6.08 Å². The van der Waals surface area contributed by atoms with Crippen LogP contribution >= 0.6 is 24.0 Å². The molecule has 0 N–H and O–H groups in total. The molecule has 0 atom stereocenters. The van der Waals surface area contributed by atoms with Gasteiger partial charge in [0.25, 0.3) is 11.6 Å². The highest BCUT2D eigenvalue weighted by Gasteiger charge is 2.33. The fourth-order valence-electron chi connectivity index (χ4n) is 2.23. The van der Waals surface area contributed by atoms with Gasteiger partial charge in [-0.25, -0.2) is 0 Å². The average Bonchev–Trinajstić information content (AvgIpc) is 2.83. The van der Waals surface area contributed by atoms with Gasteiger partial charge >= 0.3 is 0 Å². The average molecular weight is 356 g/mol. The van der Waals surface area contributed by atoms with E-state index in [-0.39, 0.29) is 11.6 Å². The molecule has 1 saturated heterocycles. The van der Waals surface area contributed by atoms with Gasteiger partial charge in [-0.3, -0.25) is 19.8 Å². The van der Waals surface area contributed by atoms with E-state index < -0.39 is 4.92 Å². The molecule has 2 aromatic carbocycles. The molecule has 1 heterocycles. The fraction of sp³-hybridized carbons (Fsp3) is 0.0588. The zero-order chi connectivity index (χ0) is 17.3. The second-order valence-electron chi connectivity index (χ2n) is 5.20. The third-order valence-corrected chi connectivity index (χ3v) is 4.79. The summed E-state index contributed by atoms with van der Waals surface area (Å²) in [5.41, 5.74) is 2.56. The minimum atomic E-state index is -0.481. The third kappa shape index (κ3) is 3.22. The molecule has 0 saturated carbocycles. The molecule has 120 valence electrons. The molecule has 0 bridgehead atoms. The lowest BCUT2D eigenvalue weighted by molar-refractivity contribution is -0.384. The lowest BCUT2D eigenvalue weighted by Gasteiger charge is -2.13. The summed E-state index contributed by atoms with van der Waals surface area (Å²) >= 11 is 6.51. The molecular formula is C17H12N2O3S2. The van der Waals surface area contributed by atoms with Crippen LogP contribution in [0.3, 0.4) is 0 Å². The summed E-state index contributed by atoms with van der Waals surface area (Å²) in [5.74, 6) is -0.223. The molecule has 0 aliphatic carbocycles. The number of non-ortho nitro benzene ring substituents is 1. The topological polar surface area (TPSA) is 63.4 Å². The number of anilines is 1. The molecule has 0 spiro atoms. The number of nitrogens with zero attached hydrogens (tertiary/aromatic N) is 2. The number of benzene rings is 2. The Hall–Kier alpha value is -2.51. The predicted molar refractivity (Wildman–Crippen MR) is 99.9 cm³/mol. The molecule has 3 rings (SSSR count). The molecule has 7 heteroatoms. The van der Waals surface area contributed by atoms with Gasteiger partial charge in [0.2, 0.25) is 0 Å². The van der Waals surface area contributed by atoms with Gasteiger partial charge in [0, 0.05) is 12.1 Å². The van der Waals surface area contributed by atoms with Crippen LogP contribution < -0.4 is 4.90 Å². The number of nitro benzene ring substituents is 1. The highest BCUT2D eigenvalue weighted by atomic mass is 32.2. The number of aryl methyl sites for hydroxylation is 1. The van der Waals surface area contributed by atoms with Crippen LogP contribution in [-0.4, -0.2) is 15.2 Å². The number of hydrogen-bond acceptors (Lipinski definition) is 5. The Labute approximate surface area is 148 Å². The lowest BCUT2D eigenvalue weighted by Crippen LogP contribution is -2.27. The molecule has 0 aromatic heterocycles. The highest BCUT2D eigenvalue weighted by molar-refractivity contribution is 8.27. The number of hydrogen-bond donors (Lipinski definition) is 0. The monoisotopic (exact) mass is 356 g/mol. The first-order valence-corrected chi connectivity index (χ1v) is 8.27. The van der Waals surface area contributed by atoms with Crippen molar-refractivity contribution in [1.82, 2.24) is 0 Å². The van der Waals surface area contributed by atoms with E-state index >= 15 is 0 Å². The molecule has 1 aliphatic rings. The van der Waals surface area contributed by atoms with Crippen molar-refractivity contribution in [2.24, 2.45) is 0 Å². The molecular weight excluding hydrogens is 344 g/mol. The summed E-state index contributed by atoms with van der Waals surface area (Å²) in [7, 11) is 0. The van der Waals surface area contributed by atoms with E-state index in [0.717, 1.165) is 11.1 Å². The molecule has 24 heavy (non-hydrogen) atoms. The maximum Gasteiger partial charge on any atom is 0.270 e. The molecule has 0 unspecified atom stereocenters. The van der Waals surface area contributed by atoms with E-state index in [2.05, 4.69) is 0 Å². The predicted octanol–water partition coefficient (Wildman–Crippen LogP) is 4.31. The Morgan fingerprint density at radius 2 is 1.75 bits per heavy atom. The lowest BCUT2D eigenvalue weighted by atomic mass is 10.1. The first kappa shape index (κ1) is 16.4. The smallest absolute Gasteiger partial charge is 0.268 e. The summed E-state index contributed by atoms with van der Waals surface area (Å²) in [6.45, 7) is 2.00. The number of thioether (sulfide) groups is 1. The Balaban J connectivity index is 1.88. The Morgan fingerprint density at radius 3 is 2.33 bits per heavy atom. The first-order chi connectivity index (χ1) is 11.5. The van der Waals surface area contributed by atoms with Crippen LogP contribution in [-0.2, 0) is 4.79 Å². The maximum atomic E-state index is 12.6. The minimum absolute atomic E-state index is 0.0283. The summed E-state index contributed by atoms with van der Waals surface area (Å²) in [6.07, 6.45) is 1.80. The van der Waals surface area contributed by atoms with Crippen molar-refractivity contribution in [3.05, 3.63) is 74.7 Å². The standard InChI is InChI=1S/C17H12N2O3S2/c1-11-2-4-12(5-3-11)10-15-16(20)18(17(23)24-15)13-6-8-14(9-7-13)19(21)22/h2-10H,1H3. The van der Waals surface area contributed by atoms with E-state index in [9.17, 15) is 14.9 Å². The van der Waals surface area contributed by atoms with Gasteiger partial charge in [-0.15, -0.1) is 0 Å². The zero-order valence-corrected chi connectivity index (χ0v) is 14.3. The normalized spacial score (nSPS) is 16.0. The van der Waals surface area contributed by atoms with Crippen LogP contribution in [0.1, 0.15) is 11.1 Å². The Morgan fingerprint density at radius 1 is 1.12 bits per heavy atom. The minimum Gasteiger partial charge on any atom is -0.268 e. The van der Waals surface area contributed by atoms with Crippen molar-refractivity contribution in [2.45, 2.75) is 6.92 Å². The van der Waals surface area contributed by atoms with Crippen molar-refractivity contribution in [3.8, 4) is 0 Å². The second-order valence-corrected chi connectivity index (χ2v) is 6.88. The highest BCUT2D eigenvalue weighted by Crippen LogP contribution is 2.36. The van der Waals surface area contributed by atoms with Gasteiger partial charge in [0.05, 0.1) is 15.5 Å². The molecule has 1 amide bonds. The van der Waals surface area contributed by atoms with Gasteiger partial charge in [0.15, 0.2) is 4.32 Å².